The molecule has 0 atom stereocenters. The predicted molar refractivity (Wildman–Crippen MR) is 92.9 cm³/mol. The molecule has 0 spiro atoms. The van der Waals surface area contributed by atoms with Crippen molar-refractivity contribution in [3.05, 3.63) is 53.7 Å². The number of carbonyl (C=O) groups is 2. The van der Waals surface area contributed by atoms with E-state index in [0.29, 0.717) is 22.8 Å². The van der Waals surface area contributed by atoms with Gasteiger partial charge in [0.2, 0.25) is 5.91 Å². The highest BCUT2D eigenvalue weighted by atomic mass is 16.5. The number of aromatic nitrogens is 1. The van der Waals surface area contributed by atoms with Crippen LogP contribution >= 0.6 is 0 Å². The maximum atomic E-state index is 12.2. The van der Waals surface area contributed by atoms with Gasteiger partial charge in [0.15, 0.2) is 5.58 Å². The van der Waals surface area contributed by atoms with Crippen molar-refractivity contribution in [1.82, 2.24) is 16.0 Å². The van der Waals surface area contributed by atoms with Crippen molar-refractivity contribution in [2.24, 2.45) is 0 Å². The number of hydrazine groups is 1. The summed E-state index contributed by atoms with van der Waals surface area (Å²) in [5.41, 5.74) is 6.09. The van der Waals surface area contributed by atoms with Gasteiger partial charge in [-0.25, -0.2) is 0 Å². The molecule has 3 rings (SSSR count). The summed E-state index contributed by atoms with van der Waals surface area (Å²) in [5.74, 6) is 0.0117. The average molecular weight is 355 g/mol. The summed E-state index contributed by atoms with van der Waals surface area (Å²) in [4.78, 5) is 24.3. The van der Waals surface area contributed by atoms with Gasteiger partial charge < -0.3 is 14.0 Å². The van der Waals surface area contributed by atoms with E-state index in [2.05, 4.69) is 16.0 Å². The fourth-order valence-corrected chi connectivity index (χ4v) is 2.40. The summed E-state index contributed by atoms with van der Waals surface area (Å²) in [6.45, 7) is 0. The monoisotopic (exact) mass is 355 g/mol. The molecule has 2 amide bonds. The lowest BCUT2D eigenvalue weighted by Gasteiger charge is -2.10. The van der Waals surface area contributed by atoms with Gasteiger partial charge in [-0.05, 0) is 24.3 Å². The van der Waals surface area contributed by atoms with Crippen molar-refractivity contribution in [3.8, 4) is 11.5 Å². The van der Waals surface area contributed by atoms with Crippen molar-refractivity contribution >= 4 is 22.8 Å². The molecule has 0 aliphatic carbocycles. The zero-order chi connectivity index (χ0) is 18.5. The summed E-state index contributed by atoms with van der Waals surface area (Å²) in [6, 6.07) is 11.9. The van der Waals surface area contributed by atoms with Gasteiger partial charge in [-0.2, -0.15) is 0 Å². The van der Waals surface area contributed by atoms with E-state index in [9.17, 15) is 9.59 Å². The lowest BCUT2D eigenvalue weighted by atomic mass is 10.2. The first-order chi connectivity index (χ1) is 12.6. The molecule has 0 radical (unpaired) electrons. The SMILES string of the molecule is COc1cc(OC)cc(C(=O)NNC(=O)Cc2noc3ccccc23)c1. The van der Waals surface area contributed by atoms with Crippen LogP contribution in [0, 0.1) is 0 Å². The quantitative estimate of drug-likeness (QED) is 0.677. The molecule has 0 fully saturated rings. The van der Waals surface area contributed by atoms with Gasteiger partial charge in [0.1, 0.15) is 17.2 Å². The van der Waals surface area contributed by atoms with Crippen LogP contribution in [0.1, 0.15) is 16.1 Å². The molecule has 2 N–H and O–H groups in total. The van der Waals surface area contributed by atoms with E-state index in [1.54, 1.807) is 12.1 Å². The highest BCUT2D eigenvalue weighted by Crippen LogP contribution is 2.22. The molecule has 134 valence electrons. The number of carbonyl (C=O) groups excluding carboxylic acids is 2. The van der Waals surface area contributed by atoms with Crippen LogP contribution in [0.5, 0.6) is 11.5 Å². The smallest absolute Gasteiger partial charge is 0.269 e. The molecule has 1 aromatic heterocycles. The minimum atomic E-state index is -0.499. The number of para-hydroxylation sites is 1. The van der Waals surface area contributed by atoms with Gasteiger partial charge in [-0.3, -0.25) is 20.4 Å². The summed E-state index contributed by atoms with van der Waals surface area (Å²) in [5, 5.41) is 4.64. The number of nitrogens with zero attached hydrogens (tertiary/aromatic N) is 1. The summed E-state index contributed by atoms with van der Waals surface area (Å²) in [7, 11) is 2.97. The maximum absolute atomic E-state index is 12.2. The van der Waals surface area contributed by atoms with Crippen LogP contribution in [0.15, 0.2) is 47.0 Å². The Labute approximate surface area is 149 Å². The molecular weight excluding hydrogens is 338 g/mol. The number of nitrogens with one attached hydrogen (secondary N) is 2. The van der Waals surface area contributed by atoms with Gasteiger partial charge in [-0.1, -0.05) is 17.3 Å². The van der Waals surface area contributed by atoms with Crippen molar-refractivity contribution in [1.29, 1.82) is 0 Å². The number of methoxy groups -OCH3 is 2. The number of amides is 2. The van der Waals surface area contributed by atoms with E-state index in [0.717, 1.165) is 5.39 Å². The first-order valence-corrected chi connectivity index (χ1v) is 7.76. The van der Waals surface area contributed by atoms with Crippen molar-refractivity contribution in [2.45, 2.75) is 6.42 Å². The highest BCUT2D eigenvalue weighted by Gasteiger charge is 2.14. The minimum Gasteiger partial charge on any atom is -0.497 e. The Hall–Kier alpha value is -3.55. The van der Waals surface area contributed by atoms with Gasteiger partial charge in [-0.15, -0.1) is 0 Å². The Kier molecular flexibility index (Phi) is 5.02. The van der Waals surface area contributed by atoms with E-state index >= 15 is 0 Å². The normalized spacial score (nSPS) is 10.4. The van der Waals surface area contributed by atoms with Crippen LogP contribution < -0.4 is 20.3 Å². The Bertz CT molecular complexity index is 929. The second-order valence-corrected chi connectivity index (χ2v) is 5.41. The third-order valence-corrected chi connectivity index (χ3v) is 3.71. The molecule has 1 heterocycles. The lowest BCUT2D eigenvalue weighted by Crippen LogP contribution is -2.42. The van der Waals surface area contributed by atoms with E-state index < -0.39 is 11.8 Å². The predicted octanol–water partition coefficient (Wildman–Crippen LogP) is 1.85. The van der Waals surface area contributed by atoms with Crippen LogP contribution in [-0.2, 0) is 11.2 Å². The molecule has 26 heavy (non-hydrogen) atoms. The number of ether oxygens (including phenoxy) is 2. The molecular formula is C18H17N3O5. The second kappa shape index (κ2) is 7.56. The number of benzene rings is 2. The third-order valence-electron chi connectivity index (χ3n) is 3.71. The number of fused-ring (bicyclic) bond motifs is 1. The highest BCUT2D eigenvalue weighted by molar-refractivity contribution is 5.96. The van der Waals surface area contributed by atoms with E-state index in [-0.39, 0.29) is 12.0 Å². The Balaban J connectivity index is 1.63. The summed E-state index contributed by atoms with van der Waals surface area (Å²) >= 11 is 0. The van der Waals surface area contributed by atoms with Crippen LogP contribution in [0.3, 0.4) is 0 Å². The third kappa shape index (κ3) is 3.75. The van der Waals surface area contributed by atoms with Crippen molar-refractivity contribution in [2.75, 3.05) is 14.2 Å². The number of hydrogen-bond donors (Lipinski definition) is 2. The van der Waals surface area contributed by atoms with Gasteiger partial charge in [0.05, 0.1) is 20.6 Å². The Morgan fingerprint density at radius 1 is 1.04 bits per heavy atom. The van der Waals surface area contributed by atoms with Gasteiger partial charge in [0, 0.05) is 17.0 Å². The average Bonchev–Trinajstić information content (AvgIpc) is 3.08. The fraction of sp³-hybridized carbons (Fsp3) is 0.167. The summed E-state index contributed by atoms with van der Waals surface area (Å²) < 4.78 is 15.4. The van der Waals surface area contributed by atoms with Crippen LogP contribution in [0.2, 0.25) is 0 Å². The topological polar surface area (TPSA) is 103 Å². The lowest BCUT2D eigenvalue weighted by molar-refractivity contribution is -0.121. The van der Waals surface area contributed by atoms with Crippen molar-refractivity contribution < 1.29 is 23.6 Å². The Morgan fingerprint density at radius 3 is 2.42 bits per heavy atom. The zero-order valence-electron chi connectivity index (χ0n) is 14.2. The van der Waals surface area contributed by atoms with Gasteiger partial charge in [0.25, 0.3) is 5.91 Å². The minimum absolute atomic E-state index is 0.0290. The molecule has 0 bridgehead atoms. The van der Waals surface area contributed by atoms with Crippen LogP contribution in [0.25, 0.3) is 11.0 Å². The molecule has 8 nitrogen and oxygen atoms in total. The van der Waals surface area contributed by atoms with E-state index in [1.165, 1.54) is 26.4 Å². The van der Waals surface area contributed by atoms with Crippen molar-refractivity contribution in [3.63, 3.8) is 0 Å². The van der Waals surface area contributed by atoms with Crippen LogP contribution in [-0.4, -0.2) is 31.2 Å². The molecule has 0 saturated heterocycles. The van der Waals surface area contributed by atoms with E-state index in [4.69, 9.17) is 14.0 Å². The molecule has 3 aromatic rings. The van der Waals surface area contributed by atoms with E-state index in [1.807, 2.05) is 18.2 Å². The molecule has 2 aromatic carbocycles. The number of hydrogen-bond acceptors (Lipinski definition) is 6. The summed E-state index contributed by atoms with van der Waals surface area (Å²) in [6.07, 6.45) is -0.0290. The standard InChI is InChI=1S/C18H17N3O5/c1-24-12-7-11(8-13(9-12)25-2)18(23)20-19-17(22)10-15-14-5-3-4-6-16(14)26-21-15/h3-9H,10H2,1-2H3,(H,19,22)(H,20,23). The molecule has 8 heteroatoms. The zero-order valence-corrected chi connectivity index (χ0v) is 14.2. The van der Waals surface area contributed by atoms with Crippen LogP contribution in [0.4, 0.5) is 0 Å². The first-order valence-electron chi connectivity index (χ1n) is 7.76. The Morgan fingerprint density at radius 2 is 1.73 bits per heavy atom. The first kappa shape index (κ1) is 17.3. The van der Waals surface area contributed by atoms with Gasteiger partial charge >= 0.3 is 0 Å². The maximum Gasteiger partial charge on any atom is 0.269 e. The molecule has 0 aliphatic heterocycles. The largest absolute Gasteiger partial charge is 0.497 e. The molecule has 0 saturated carbocycles. The molecule has 0 aliphatic rings. The second-order valence-electron chi connectivity index (χ2n) is 5.41. The fourth-order valence-electron chi connectivity index (χ4n) is 2.40. The number of rotatable bonds is 5. The molecule has 0 unspecified atom stereocenters.